The van der Waals surface area contributed by atoms with Gasteiger partial charge in [0.2, 0.25) is 0 Å². The lowest BCUT2D eigenvalue weighted by Gasteiger charge is -2.13. The van der Waals surface area contributed by atoms with Gasteiger partial charge in [-0.1, -0.05) is 67.6 Å². The molecule has 0 fully saturated rings. The van der Waals surface area contributed by atoms with Gasteiger partial charge in [-0.15, -0.1) is 0 Å². The summed E-state index contributed by atoms with van der Waals surface area (Å²) < 4.78 is 43.5. The van der Waals surface area contributed by atoms with Crippen LogP contribution in [0.4, 0.5) is 13.2 Å². The summed E-state index contributed by atoms with van der Waals surface area (Å²) in [5, 5.41) is 8.84. The largest absolute Gasteiger partial charge is 0.206 e. The molecule has 0 N–H and O–H groups in total. The third-order valence-corrected chi connectivity index (χ3v) is 5.62. The molecule has 4 rings (SSSR count). The highest BCUT2D eigenvalue weighted by atomic mass is 19.1. The van der Waals surface area contributed by atoms with Crippen LogP contribution in [0.25, 0.3) is 22.3 Å². The summed E-state index contributed by atoms with van der Waals surface area (Å²) in [6.45, 7) is 2.17. The first-order chi connectivity index (χ1) is 15.5. The quantitative estimate of drug-likeness (QED) is 0.321. The van der Waals surface area contributed by atoms with E-state index >= 15 is 0 Å². The van der Waals surface area contributed by atoms with Gasteiger partial charge in [-0.25, -0.2) is 13.2 Å². The van der Waals surface area contributed by atoms with E-state index in [0.29, 0.717) is 17.0 Å². The van der Waals surface area contributed by atoms with Crippen molar-refractivity contribution in [3.05, 3.63) is 119 Å². The van der Waals surface area contributed by atoms with E-state index in [1.54, 1.807) is 6.07 Å². The van der Waals surface area contributed by atoms with Gasteiger partial charge in [0.15, 0.2) is 0 Å². The molecule has 4 heteroatoms. The molecule has 4 aromatic rings. The molecule has 0 aliphatic heterocycles. The topological polar surface area (TPSA) is 23.8 Å². The summed E-state index contributed by atoms with van der Waals surface area (Å²) in [4.78, 5) is 0. The fourth-order valence-corrected chi connectivity index (χ4v) is 3.86. The lowest BCUT2D eigenvalue weighted by Crippen LogP contribution is -1.98. The van der Waals surface area contributed by atoms with Crippen molar-refractivity contribution in [2.75, 3.05) is 0 Å². The highest BCUT2D eigenvalue weighted by molar-refractivity contribution is 5.72. The zero-order valence-electron chi connectivity index (χ0n) is 17.4. The first-order valence-corrected chi connectivity index (χ1v) is 10.3. The van der Waals surface area contributed by atoms with Gasteiger partial charge in [-0.05, 0) is 64.4 Å². The Hall–Kier alpha value is -3.84. The molecular formula is C28H20F3N. The van der Waals surface area contributed by atoms with Crippen LogP contribution in [0, 0.1) is 28.8 Å². The van der Waals surface area contributed by atoms with Crippen LogP contribution in [0.1, 0.15) is 29.5 Å². The van der Waals surface area contributed by atoms with Crippen molar-refractivity contribution in [1.29, 1.82) is 5.26 Å². The number of halogens is 3. The van der Waals surface area contributed by atoms with Gasteiger partial charge in [0, 0.05) is 0 Å². The number of rotatable bonds is 5. The van der Waals surface area contributed by atoms with Crippen molar-refractivity contribution in [3.8, 4) is 28.3 Å². The van der Waals surface area contributed by atoms with Crippen LogP contribution in [0.5, 0.6) is 0 Å². The van der Waals surface area contributed by atoms with E-state index < -0.39 is 17.5 Å². The van der Waals surface area contributed by atoms with Crippen LogP contribution in [0.2, 0.25) is 0 Å². The monoisotopic (exact) mass is 427 g/mol. The zero-order valence-corrected chi connectivity index (χ0v) is 17.4. The first kappa shape index (κ1) is 21.4. The molecule has 1 nitrogen and oxygen atoms in total. The fourth-order valence-electron chi connectivity index (χ4n) is 3.86. The van der Waals surface area contributed by atoms with E-state index in [-0.39, 0.29) is 16.7 Å². The lowest BCUT2D eigenvalue weighted by atomic mass is 9.92. The maximum absolute atomic E-state index is 14.8. The molecule has 0 saturated heterocycles. The summed E-state index contributed by atoms with van der Waals surface area (Å²) in [5.41, 5.74) is 3.05. The zero-order chi connectivity index (χ0) is 22.7. The molecule has 0 amide bonds. The second-order valence-electron chi connectivity index (χ2n) is 7.83. The predicted molar refractivity (Wildman–Crippen MR) is 120 cm³/mol. The number of hydrogen-bond donors (Lipinski definition) is 0. The van der Waals surface area contributed by atoms with Gasteiger partial charge in [0.1, 0.15) is 23.5 Å². The molecule has 0 bridgehead atoms. The Balaban J connectivity index is 1.58. The van der Waals surface area contributed by atoms with E-state index in [1.165, 1.54) is 29.8 Å². The molecule has 0 unspecified atom stereocenters. The average molecular weight is 427 g/mol. The van der Waals surface area contributed by atoms with Crippen LogP contribution >= 0.6 is 0 Å². The summed E-state index contributed by atoms with van der Waals surface area (Å²) in [6.07, 6.45) is 0.857. The van der Waals surface area contributed by atoms with E-state index in [9.17, 15) is 13.2 Å². The molecule has 0 spiro atoms. The summed E-state index contributed by atoms with van der Waals surface area (Å²) >= 11 is 0. The molecule has 158 valence electrons. The molecule has 0 radical (unpaired) electrons. The smallest absolute Gasteiger partial charge is 0.141 e. The second kappa shape index (κ2) is 9.11. The van der Waals surface area contributed by atoms with Crippen molar-refractivity contribution in [2.45, 2.75) is 19.3 Å². The van der Waals surface area contributed by atoms with Crippen molar-refractivity contribution < 1.29 is 13.2 Å². The van der Waals surface area contributed by atoms with Crippen LogP contribution in [-0.2, 0) is 6.42 Å². The standard InChI is InChI=1S/C28H20F3N/c1-18(20-5-3-2-4-6-20)13-19-7-9-21(10-8-19)24-15-26(30)28(27(31)16-24)22-11-12-23(17-32)25(29)14-22/h2-12,14-16,18H,13H2,1H3/t18-/m0/s1. The predicted octanol–water partition coefficient (Wildman–Crippen LogP) is 7.66. The minimum absolute atomic E-state index is 0.0493. The van der Waals surface area contributed by atoms with Crippen molar-refractivity contribution in [1.82, 2.24) is 0 Å². The van der Waals surface area contributed by atoms with Crippen LogP contribution in [-0.4, -0.2) is 0 Å². The van der Waals surface area contributed by atoms with Crippen LogP contribution in [0.3, 0.4) is 0 Å². The van der Waals surface area contributed by atoms with Gasteiger partial charge in [-0.3, -0.25) is 0 Å². The summed E-state index contributed by atoms with van der Waals surface area (Å²) in [5.74, 6) is -2.03. The Morgan fingerprint density at radius 2 is 1.31 bits per heavy atom. The number of hydrogen-bond acceptors (Lipinski definition) is 1. The van der Waals surface area contributed by atoms with Gasteiger partial charge < -0.3 is 0 Å². The molecule has 0 saturated carbocycles. The molecule has 0 heterocycles. The Labute approximate surface area is 185 Å². The van der Waals surface area contributed by atoms with E-state index in [2.05, 4.69) is 19.1 Å². The van der Waals surface area contributed by atoms with Gasteiger partial charge in [0.25, 0.3) is 0 Å². The fraction of sp³-hybridized carbons (Fsp3) is 0.107. The third kappa shape index (κ3) is 4.43. The van der Waals surface area contributed by atoms with Gasteiger partial charge in [-0.2, -0.15) is 5.26 Å². The SMILES string of the molecule is C[C@@H](Cc1ccc(-c2cc(F)c(-c3ccc(C#N)c(F)c3)c(F)c2)cc1)c1ccccc1. The molecule has 4 aromatic carbocycles. The lowest BCUT2D eigenvalue weighted by molar-refractivity contribution is 0.589. The average Bonchev–Trinajstić information content (AvgIpc) is 2.80. The maximum atomic E-state index is 14.8. The van der Waals surface area contributed by atoms with Crippen molar-refractivity contribution in [2.24, 2.45) is 0 Å². The van der Waals surface area contributed by atoms with E-state index in [4.69, 9.17) is 5.26 Å². The summed E-state index contributed by atoms with van der Waals surface area (Å²) in [7, 11) is 0. The summed E-state index contributed by atoms with van der Waals surface area (Å²) in [6, 6.07) is 25.6. The molecular weight excluding hydrogens is 407 g/mol. The van der Waals surface area contributed by atoms with Gasteiger partial charge >= 0.3 is 0 Å². The number of benzene rings is 4. The van der Waals surface area contributed by atoms with E-state index in [1.807, 2.05) is 42.5 Å². The number of nitrogens with zero attached hydrogens (tertiary/aromatic N) is 1. The third-order valence-electron chi connectivity index (χ3n) is 5.62. The Bertz CT molecular complexity index is 1270. The molecule has 0 aliphatic carbocycles. The Morgan fingerprint density at radius 1 is 0.719 bits per heavy atom. The van der Waals surface area contributed by atoms with E-state index in [0.717, 1.165) is 18.1 Å². The first-order valence-electron chi connectivity index (χ1n) is 10.3. The second-order valence-corrected chi connectivity index (χ2v) is 7.83. The highest BCUT2D eigenvalue weighted by Gasteiger charge is 2.16. The molecule has 32 heavy (non-hydrogen) atoms. The molecule has 1 atom stereocenters. The van der Waals surface area contributed by atoms with Crippen molar-refractivity contribution >= 4 is 0 Å². The molecule has 0 aliphatic rings. The maximum Gasteiger partial charge on any atom is 0.141 e. The minimum atomic E-state index is -0.812. The normalized spacial score (nSPS) is 11.7. The van der Waals surface area contributed by atoms with Crippen molar-refractivity contribution in [3.63, 3.8) is 0 Å². The van der Waals surface area contributed by atoms with Gasteiger partial charge in [0.05, 0.1) is 11.1 Å². The minimum Gasteiger partial charge on any atom is -0.206 e. The Morgan fingerprint density at radius 3 is 1.91 bits per heavy atom. The Kier molecular flexibility index (Phi) is 6.09. The molecule has 0 aromatic heterocycles. The van der Waals surface area contributed by atoms with Crippen LogP contribution in [0.15, 0.2) is 84.9 Å². The van der Waals surface area contributed by atoms with Crippen LogP contribution < -0.4 is 0 Å². The highest BCUT2D eigenvalue weighted by Crippen LogP contribution is 2.32. The number of nitriles is 1.